The van der Waals surface area contributed by atoms with E-state index in [1.54, 1.807) is 18.2 Å². The Morgan fingerprint density at radius 1 is 0.931 bits per heavy atom. The molecule has 0 unspecified atom stereocenters. The van der Waals surface area contributed by atoms with Crippen LogP contribution in [0.15, 0.2) is 82.2 Å². The van der Waals surface area contributed by atoms with E-state index < -0.39 is 10.0 Å². The minimum absolute atomic E-state index is 0.103. The zero-order valence-electron chi connectivity index (χ0n) is 15.6. The first-order valence-corrected chi connectivity index (χ1v) is 11.0. The van der Waals surface area contributed by atoms with E-state index in [1.807, 2.05) is 37.3 Å². The van der Waals surface area contributed by atoms with Crippen LogP contribution in [0.2, 0.25) is 0 Å². The molecule has 0 aromatic heterocycles. The number of para-hydroxylation sites is 2. The number of sulfonamides is 1. The molecule has 0 radical (unpaired) electrons. The van der Waals surface area contributed by atoms with Crippen molar-refractivity contribution in [2.75, 3.05) is 16.6 Å². The molecule has 0 heterocycles. The topological polar surface area (TPSA) is 84.5 Å². The summed E-state index contributed by atoms with van der Waals surface area (Å²) < 4.78 is 33.9. The van der Waals surface area contributed by atoms with Crippen LogP contribution in [-0.4, -0.2) is 20.9 Å². The zero-order chi connectivity index (χ0) is 20.9. The van der Waals surface area contributed by atoms with Gasteiger partial charge < -0.3 is 10.1 Å². The number of benzene rings is 3. The van der Waals surface area contributed by atoms with Gasteiger partial charge in [-0.1, -0.05) is 30.3 Å². The molecule has 0 saturated heterocycles. The van der Waals surface area contributed by atoms with Crippen LogP contribution in [0, 0.1) is 6.92 Å². The molecule has 0 aliphatic heterocycles. The summed E-state index contributed by atoms with van der Waals surface area (Å²) in [6, 6.07) is 20.3. The van der Waals surface area contributed by atoms with E-state index in [0.717, 1.165) is 10.0 Å². The molecular formula is C21H19BrN2O4S. The van der Waals surface area contributed by atoms with Crippen molar-refractivity contribution in [2.24, 2.45) is 0 Å². The molecule has 0 saturated carbocycles. The quantitative estimate of drug-likeness (QED) is 0.524. The monoisotopic (exact) mass is 474 g/mol. The Morgan fingerprint density at radius 2 is 1.55 bits per heavy atom. The normalized spacial score (nSPS) is 11.0. The van der Waals surface area contributed by atoms with Crippen molar-refractivity contribution in [3.63, 3.8) is 0 Å². The van der Waals surface area contributed by atoms with Crippen LogP contribution in [0.1, 0.15) is 5.56 Å². The summed E-state index contributed by atoms with van der Waals surface area (Å²) in [4.78, 5) is 12.1. The van der Waals surface area contributed by atoms with E-state index in [0.29, 0.717) is 17.1 Å². The maximum atomic E-state index is 12.5. The number of ether oxygens (including phenoxy) is 1. The molecule has 3 aromatic carbocycles. The van der Waals surface area contributed by atoms with Gasteiger partial charge in [0.2, 0.25) is 0 Å². The maximum absolute atomic E-state index is 12.5. The van der Waals surface area contributed by atoms with Crippen LogP contribution in [0.5, 0.6) is 5.75 Å². The van der Waals surface area contributed by atoms with E-state index in [1.165, 1.54) is 24.3 Å². The fourth-order valence-electron chi connectivity index (χ4n) is 2.50. The molecule has 3 rings (SSSR count). The van der Waals surface area contributed by atoms with E-state index in [9.17, 15) is 13.2 Å². The summed E-state index contributed by atoms with van der Waals surface area (Å²) in [7, 11) is -3.72. The molecule has 3 aromatic rings. The van der Waals surface area contributed by atoms with Crippen LogP contribution < -0.4 is 14.8 Å². The number of rotatable bonds is 7. The van der Waals surface area contributed by atoms with Gasteiger partial charge in [-0.05, 0) is 70.9 Å². The van der Waals surface area contributed by atoms with Crippen LogP contribution in [0.25, 0.3) is 0 Å². The van der Waals surface area contributed by atoms with Crippen molar-refractivity contribution >= 4 is 43.2 Å². The highest BCUT2D eigenvalue weighted by molar-refractivity contribution is 9.10. The number of halogens is 1. The Kier molecular flexibility index (Phi) is 6.56. The van der Waals surface area contributed by atoms with Gasteiger partial charge in [0, 0.05) is 4.47 Å². The summed E-state index contributed by atoms with van der Waals surface area (Å²) >= 11 is 3.36. The molecule has 0 bridgehead atoms. The fraction of sp³-hybridized carbons (Fsp3) is 0.0952. The summed E-state index contributed by atoms with van der Waals surface area (Å²) in [5.41, 5.74) is 1.99. The predicted molar refractivity (Wildman–Crippen MR) is 117 cm³/mol. The first-order valence-electron chi connectivity index (χ1n) is 8.71. The highest BCUT2D eigenvalue weighted by atomic mass is 79.9. The zero-order valence-corrected chi connectivity index (χ0v) is 18.0. The van der Waals surface area contributed by atoms with Gasteiger partial charge in [0.1, 0.15) is 5.75 Å². The minimum atomic E-state index is -3.72. The third kappa shape index (κ3) is 5.58. The summed E-state index contributed by atoms with van der Waals surface area (Å²) in [6.07, 6.45) is 0. The molecule has 150 valence electrons. The van der Waals surface area contributed by atoms with Gasteiger partial charge in [-0.3, -0.25) is 9.52 Å². The first kappa shape index (κ1) is 20.9. The Bertz CT molecular complexity index is 1120. The van der Waals surface area contributed by atoms with E-state index >= 15 is 0 Å². The molecule has 0 fully saturated rings. The SMILES string of the molecule is Cc1ccccc1NS(=O)(=O)c1ccc(OCC(=O)Nc2ccccc2Br)cc1. The summed E-state index contributed by atoms with van der Waals surface area (Å²) in [5, 5.41) is 2.73. The molecule has 2 N–H and O–H groups in total. The van der Waals surface area contributed by atoms with Crippen LogP contribution >= 0.6 is 15.9 Å². The molecule has 0 aliphatic carbocycles. The average molecular weight is 475 g/mol. The van der Waals surface area contributed by atoms with Crippen LogP contribution in [-0.2, 0) is 14.8 Å². The number of carbonyl (C=O) groups is 1. The highest BCUT2D eigenvalue weighted by Gasteiger charge is 2.15. The smallest absolute Gasteiger partial charge is 0.262 e. The number of carbonyl (C=O) groups excluding carboxylic acids is 1. The third-order valence-electron chi connectivity index (χ3n) is 4.04. The van der Waals surface area contributed by atoms with Crippen molar-refractivity contribution < 1.29 is 17.9 Å². The molecular weight excluding hydrogens is 456 g/mol. The van der Waals surface area contributed by atoms with Crippen LogP contribution in [0.4, 0.5) is 11.4 Å². The Morgan fingerprint density at radius 3 is 2.21 bits per heavy atom. The van der Waals surface area contributed by atoms with E-state index in [4.69, 9.17) is 4.74 Å². The van der Waals surface area contributed by atoms with Crippen molar-refractivity contribution in [2.45, 2.75) is 11.8 Å². The van der Waals surface area contributed by atoms with Gasteiger partial charge in [0.15, 0.2) is 6.61 Å². The number of amides is 1. The van der Waals surface area contributed by atoms with Gasteiger partial charge in [-0.15, -0.1) is 0 Å². The fourth-order valence-corrected chi connectivity index (χ4v) is 4.02. The number of hydrogen-bond acceptors (Lipinski definition) is 4. The van der Waals surface area contributed by atoms with Gasteiger partial charge in [-0.25, -0.2) is 8.42 Å². The highest BCUT2D eigenvalue weighted by Crippen LogP contribution is 2.22. The molecule has 29 heavy (non-hydrogen) atoms. The lowest BCUT2D eigenvalue weighted by atomic mass is 10.2. The number of anilines is 2. The Hall–Kier alpha value is -2.84. The first-order chi connectivity index (χ1) is 13.8. The predicted octanol–water partition coefficient (Wildman–Crippen LogP) is 4.58. The minimum Gasteiger partial charge on any atom is -0.484 e. The second kappa shape index (κ2) is 9.11. The van der Waals surface area contributed by atoms with Crippen molar-refractivity contribution in [1.82, 2.24) is 0 Å². The number of aryl methyl sites for hydroxylation is 1. The second-order valence-electron chi connectivity index (χ2n) is 6.21. The summed E-state index contributed by atoms with van der Waals surface area (Å²) in [6.45, 7) is 1.63. The molecule has 0 spiro atoms. The number of nitrogens with one attached hydrogen (secondary N) is 2. The third-order valence-corrected chi connectivity index (χ3v) is 6.11. The van der Waals surface area contributed by atoms with Gasteiger partial charge >= 0.3 is 0 Å². The molecule has 6 nitrogen and oxygen atoms in total. The molecule has 1 amide bonds. The number of hydrogen-bond donors (Lipinski definition) is 2. The average Bonchev–Trinajstić information content (AvgIpc) is 2.70. The van der Waals surface area contributed by atoms with E-state index in [-0.39, 0.29) is 17.4 Å². The van der Waals surface area contributed by atoms with Crippen molar-refractivity contribution in [1.29, 1.82) is 0 Å². The van der Waals surface area contributed by atoms with E-state index in [2.05, 4.69) is 26.0 Å². The molecule has 0 aliphatic rings. The van der Waals surface area contributed by atoms with Crippen LogP contribution in [0.3, 0.4) is 0 Å². The molecule has 0 atom stereocenters. The lowest BCUT2D eigenvalue weighted by molar-refractivity contribution is -0.118. The van der Waals surface area contributed by atoms with Crippen molar-refractivity contribution in [3.8, 4) is 5.75 Å². The standard InChI is InChI=1S/C21H19BrN2O4S/c1-15-6-2-4-8-19(15)24-29(26,27)17-12-10-16(11-13-17)28-14-21(25)23-20-9-5-3-7-18(20)22/h2-13,24H,14H2,1H3,(H,23,25). The Balaban J connectivity index is 1.60. The summed E-state index contributed by atoms with van der Waals surface area (Å²) in [5.74, 6) is 0.0666. The van der Waals surface area contributed by atoms with Gasteiger partial charge in [0.05, 0.1) is 16.3 Å². The second-order valence-corrected chi connectivity index (χ2v) is 8.75. The lowest BCUT2D eigenvalue weighted by Crippen LogP contribution is -2.20. The van der Waals surface area contributed by atoms with Gasteiger partial charge in [-0.2, -0.15) is 0 Å². The maximum Gasteiger partial charge on any atom is 0.262 e. The Labute approximate surface area is 178 Å². The van der Waals surface area contributed by atoms with Crippen molar-refractivity contribution in [3.05, 3.63) is 82.8 Å². The van der Waals surface area contributed by atoms with Gasteiger partial charge in [0.25, 0.3) is 15.9 Å². The largest absolute Gasteiger partial charge is 0.484 e. The molecule has 8 heteroatoms. The lowest BCUT2D eigenvalue weighted by Gasteiger charge is -2.11.